The molecule has 0 aliphatic rings. The number of carbonyl (C=O) groups is 1. The van der Waals surface area contributed by atoms with E-state index in [0.29, 0.717) is 0 Å². The highest BCUT2D eigenvalue weighted by atomic mass is 32.2. The molecule has 2 nitrogen and oxygen atoms in total. The predicted octanol–water partition coefficient (Wildman–Crippen LogP) is 4.96. The van der Waals surface area contributed by atoms with Crippen LogP contribution in [0.2, 0.25) is 0 Å². The van der Waals surface area contributed by atoms with Gasteiger partial charge in [0, 0.05) is 4.90 Å². The Hall–Kier alpha value is -2.66. The van der Waals surface area contributed by atoms with Crippen molar-refractivity contribution in [2.75, 3.05) is 5.75 Å². The van der Waals surface area contributed by atoms with Gasteiger partial charge in [-0.3, -0.25) is 4.79 Å². The molecule has 132 valence electrons. The van der Waals surface area contributed by atoms with E-state index in [1.165, 1.54) is 0 Å². The van der Waals surface area contributed by atoms with Gasteiger partial charge in [0.05, 0.1) is 11.8 Å². The van der Waals surface area contributed by atoms with E-state index in [4.69, 9.17) is 0 Å². The smallest absolute Gasteiger partial charge is 0.231 e. The summed E-state index contributed by atoms with van der Waals surface area (Å²) < 4.78 is 26.9. The quantitative estimate of drug-likeness (QED) is 0.622. The SMILES string of the molecule is O=C(CSc1cc(F)ccc1F)NC(c1ccccc1)c1ccccc1. The second-order valence-corrected chi connectivity index (χ2v) is 6.70. The van der Waals surface area contributed by atoms with Crippen LogP contribution in [-0.2, 0) is 4.79 Å². The summed E-state index contributed by atoms with van der Waals surface area (Å²) in [4.78, 5) is 12.5. The molecule has 26 heavy (non-hydrogen) atoms. The largest absolute Gasteiger partial charge is 0.344 e. The van der Waals surface area contributed by atoms with Crippen molar-refractivity contribution < 1.29 is 13.6 Å². The van der Waals surface area contributed by atoms with Gasteiger partial charge in [-0.2, -0.15) is 0 Å². The lowest BCUT2D eigenvalue weighted by atomic mass is 9.99. The van der Waals surface area contributed by atoms with E-state index in [0.717, 1.165) is 41.1 Å². The molecule has 5 heteroatoms. The highest BCUT2D eigenvalue weighted by molar-refractivity contribution is 8.00. The van der Waals surface area contributed by atoms with Gasteiger partial charge >= 0.3 is 0 Å². The summed E-state index contributed by atoms with van der Waals surface area (Å²) in [7, 11) is 0. The third-order valence-corrected chi connectivity index (χ3v) is 4.85. The van der Waals surface area contributed by atoms with Gasteiger partial charge in [0.15, 0.2) is 0 Å². The first kappa shape index (κ1) is 18.1. The average Bonchev–Trinajstić information content (AvgIpc) is 2.68. The third kappa shape index (κ3) is 4.70. The number of benzene rings is 3. The van der Waals surface area contributed by atoms with Gasteiger partial charge in [0.1, 0.15) is 11.6 Å². The van der Waals surface area contributed by atoms with E-state index in [1.807, 2.05) is 60.7 Å². The number of nitrogens with one attached hydrogen (secondary N) is 1. The van der Waals surface area contributed by atoms with Gasteiger partial charge in [-0.05, 0) is 29.3 Å². The lowest BCUT2D eigenvalue weighted by Gasteiger charge is -2.20. The molecule has 1 amide bonds. The van der Waals surface area contributed by atoms with Crippen molar-refractivity contribution in [3.63, 3.8) is 0 Å². The third-order valence-electron chi connectivity index (χ3n) is 3.82. The van der Waals surface area contributed by atoms with Crippen LogP contribution in [-0.4, -0.2) is 11.7 Å². The van der Waals surface area contributed by atoms with Crippen LogP contribution >= 0.6 is 11.8 Å². The van der Waals surface area contributed by atoms with Gasteiger partial charge < -0.3 is 5.32 Å². The molecule has 3 rings (SSSR count). The molecule has 1 N–H and O–H groups in total. The van der Waals surface area contributed by atoms with Crippen LogP contribution < -0.4 is 5.32 Å². The molecule has 0 bridgehead atoms. The topological polar surface area (TPSA) is 29.1 Å². The van der Waals surface area contributed by atoms with E-state index < -0.39 is 11.6 Å². The fraction of sp³-hybridized carbons (Fsp3) is 0.0952. The molecule has 0 aliphatic heterocycles. The van der Waals surface area contributed by atoms with Crippen LogP contribution in [0.3, 0.4) is 0 Å². The molecule has 3 aromatic rings. The maximum atomic E-state index is 13.7. The number of rotatable bonds is 6. The minimum atomic E-state index is -0.535. The molecule has 0 atom stereocenters. The second-order valence-electron chi connectivity index (χ2n) is 5.69. The molecule has 3 aromatic carbocycles. The lowest BCUT2D eigenvalue weighted by Crippen LogP contribution is -2.30. The van der Waals surface area contributed by atoms with Crippen molar-refractivity contribution in [2.45, 2.75) is 10.9 Å². The van der Waals surface area contributed by atoms with Gasteiger partial charge in [0.2, 0.25) is 5.91 Å². The van der Waals surface area contributed by atoms with Crippen molar-refractivity contribution in [1.82, 2.24) is 5.32 Å². The first-order valence-corrected chi connectivity index (χ1v) is 9.09. The van der Waals surface area contributed by atoms with Crippen molar-refractivity contribution in [3.8, 4) is 0 Å². The minimum Gasteiger partial charge on any atom is -0.344 e. The van der Waals surface area contributed by atoms with E-state index >= 15 is 0 Å². The molecule has 0 unspecified atom stereocenters. The number of amides is 1. The molecule has 0 fully saturated rings. The maximum Gasteiger partial charge on any atom is 0.231 e. The first-order valence-electron chi connectivity index (χ1n) is 8.10. The van der Waals surface area contributed by atoms with Crippen LogP contribution in [0.5, 0.6) is 0 Å². The summed E-state index contributed by atoms with van der Waals surface area (Å²) in [5.74, 6) is -1.32. The Labute approximate surface area is 155 Å². The molecular weight excluding hydrogens is 352 g/mol. The monoisotopic (exact) mass is 369 g/mol. The first-order chi connectivity index (χ1) is 12.6. The zero-order valence-corrected chi connectivity index (χ0v) is 14.7. The highest BCUT2D eigenvalue weighted by Gasteiger charge is 2.17. The molecule has 0 spiro atoms. The molecule has 0 saturated heterocycles. The van der Waals surface area contributed by atoms with Crippen molar-refractivity contribution in [3.05, 3.63) is 102 Å². The molecule has 0 aromatic heterocycles. The number of hydrogen-bond acceptors (Lipinski definition) is 2. The molecule has 0 aliphatic carbocycles. The van der Waals surface area contributed by atoms with E-state index in [1.54, 1.807) is 0 Å². The van der Waals surface area contributed by atoms with Crippen LogP contribution in [0.4, 0.5) is 8.78 Å². The van der Waals surface area contributed by atoms with Crippen molar-refractivity contribution in [1.29, 1.82) is 0 Å². The second kappa shape index (κ2) is 8.63. The van der Waals surface area contributed by atoms with Crippen LogP contribution in [0.25, 0.3) is 0 Å². The summed E-state index contributed by atoms with van der Waals surface area (Å²) in [6.45, 7) is 0. The molecule has 0 radical (unpaired) electrons. The zero-order chi connectivity index (χ0) is 18.4. The number of carbonyl (C=O) groups excluding carboxylic acids is 1. The number of halogens is 2. The minimum absolute atomic E-state index is 0.00343. The summed E-state index contributed by atoms with van der Waals surface area (Å²) in [6.07, 6.45) is 0. The Bertz CT molecular complexity index is 832. The summed E-state index contributed by atoms with van der Waals surface area (Å²) in [6, 6.07) is 22.1. The molecule has 0 saturated carbocycles. The predicted molar refractivity (Wildman–Crippen MR) is 100.0 cm³/mol. The molecule has 0 heterocycles. The fourth-order valence-corrected chi connectivity index (χ4v) is 3.36. The van der Waals surface area contributed by atoms with E-state index in [-0.39, 0.29) is 22.6 Å². The number of hydrogen-bond donors (Lipinski definition) is 1. The van der Waals surface area contributed by atoms with Gasteiger partial charge in [0.25, 0.3) is 0 Å². The normalized spacial score (nSPS) is 10.7. The van der Waals surface area contributed by atoms with Crippen LogP contribution in [0.15, 0.2) is 83.8 Å². The summed E-state index contributed by atoms with van der Waals surface area (Å²) >= 11 is 0.975. The highest BCUT2D eigenvalue weighted by Crippen LogP contribution is 2.24. The van der Waals surface area contributed by atoms with Gasteiger partial charge in [-0.1, -0.05) is 60.7 Å². The Kier molecular flexibility index (Phi) is 6.02. The van der Waals surface area contributed by atoms with E-state index in [2.05, 4.69) is 5.32 Å². The van der Waals surface area contributed by atoms with E-state index in [9.17, 15) is 13.6 Å². The Morgan fingerprint density at radius 3 is 2.04 bits per heavy atom. The zero-order valence-electron chi connectivity index (χ0n) is 13.9. The summed E-state index contributed by atoms with van der Waals surface area (Å²) in [5.41, 5.74) is 1.91. The lowest BCUT2D eigenvalue weighted by molar-refractivity contribution is -0.119. The molecular formula is C21H17F2NOS. The Balaban J connectivity index is 1.72. The standard InChI is InChI=1S/C21H17F2NOS/c22-17-11-12-18(23)19(13-17)26-14-20(25)24-21(15-7-3-1-4-8-15)16-9-5-2-6-10-16/h1-13,21H,14H2,(H,24,25). The Morgan fingerprint density at radius 1 is 0.885 bits per heavy atom. The van der Waals surface area contributed by atoms with Gasteiger partial charge in [-0.25, -0.2) is 8.78 Å². The van der Waals surface area contributed by atoms with Gasteiger partial charge in [-0.15, -0.1) is 11.8 Å². The average molecular weight is 369 g/mol. The van der Waals surface area contributed by atoms with Crippen molar-refractivity contribution >= 4 is 17.7 Å². The van der Waals surface area contributed by atoms with Crippen molar-refractivity contribution in [2.24, 2.45) is 0 Å². The van der Waals surface area contributed by atoms with Crippen LogP contribution in [0.1, 0.15) is 17.2 Å². The summed E-state index contributed by atoms with van der Waals surface area (Å²) in [5, 5.41) is 2.98. The number of thioether (sulfide) groups is 1. The maximum absolute atomic E-state index is 13.7. The fourth-order valence-electron chi connectivity index (χ4n) is 2.58. The Morgan fingerprint density at radius 2 is 1.46 bits per heavy atom. The van der Waals surface area contributed by atoms with Crippen LogP contribution in [0, 0.1) is 11.6 Å².